The summed E-state index contributed by atoms with van der Waals surface area (Å²) in [6.45, 7) is 5.40. The van der Waals surface area contributed by atoms with Crippen molar-refractivity contribution in [1.82, 2.24) is 5.32 Å². The largest absolute Gasteiger partial charge is 0.495 e. The minimum absolute atomic E-state index is 0.110. The van der Waals surface area contributed by atoms with Gasteiger partial charge in [0.2, 0.25) is 5.91 Å². The van der Waals surface area contributed by atoms with E-state index in [1.165, 1.54) is 19.2 Å². The Kier molecular flexibility index (Phi) is 6.49. The predicted octanol–water partition coefficient (Wildman–Crippen LogP) is 3.20. The Hall–Kier alpha value is -2.54. The van der Waals surface area contributed by atoms with Gasteiger partial charge in [-0.25, -0.2) is 8.42 Å². The van der Waals surface area contributed by atoms with Crippen LogP contribution in [0.4, 0.5) is 5.69 Å². The summed E-state index contributed by atoms with van der Waals surface area (Å²) in [6.07, 6.45) is 0.721. The monoisotopic (exact) mass is 390 g/mol. The van der Waals surface area contributed by atoms with Crippen LogP contribution in [0.3, 0.4) is 0 Å². The Morgan fingerprint density at radius 3 is 2.26 bits per heavy atom. The zero-order valence-electron chi connectivity index (χ0n) is 16.1. The van der Waals surface area contributed by atoms with Gasteiger partial charge in [-0.05, 0) is 44.5 Å². The first kappa shape index (κ1) is 20.8. The first-order valence-electron chi connectivity index (χ1n) is 8.73. The Balaban J connectivity index is 2.48. The Morgan fingerprint density at radius 1 is 1.07 bits per heavy atom. The number of ether oxygens (including phenoxy) is 1. The number of amides is 1. The van der Waals surface area contributed by atoms with E-state index in [-0.39, 0.29) is 17.3 Å². The van der Waals surface area contributed by atoms with Gasteiger partial charge in [0.05, 0.1) is 17.7 Å². The van der Waals surface area contributed by atoms with Crippen LogP contribution >= 0.6 is 0 Å². The molecule has 2 aromatic rings. The van der Waals surface area contributed by atoms with Gasteiger partial charge in [-0.1, -0.05) is 37.3 Å². The van der Waals surface area contributed by atoms with Gasteiger partial charge in [0.25, 0.3) is 10.0 Å². The molecule has 2 rings (SSSR count). The van der Waals surface area contributed by atoms with Crippen LogP contribution < -0.4 is 14.4 Å². The molecule has 1 amide bonds. The van der Waals surface area contributed by atoms with E-state index in [0.29, 0.717) is 11.4 Å². The number of methoxy groups -OCH3 is 1. The highest BCUT2D eigenvalue weighted by Gasteiger charge is 2.30. The first-order chi connectivity index (χ1) is 12.7. The maximum Gasteiger partial charge on any atom is 0.264 e. The summed E-state index contributed by atoms with van der Waals surface area (Å²) in [5.41, 5.74) is -0.117. The van der Waals surface area contributed by atoms with Crippen molar-refractivity contribution in [2.24, 2.45) is 0 Å². The molecule has 0 aliphatic carbocycles. The molecule has 0 bridgehead atoms. The fraction of sp³-hybridized carbons (Fsp3) is 0.350. The summed E-state index contributed by atoms with van der Waals surface area (Å²) in [5.74, 6) is -0.00757. The van der Waals surface area contributed by atoms with E-state index in [2.05, 4.69) is 5.32 Å². The molecular formula is C20H26N2O4S. The second-order valence-electron chi connectivity index (χ2n) is 6.78. The summed E-state index contributed by atoms with van der Waals surface area (Å²) >= 11 is 0. The van der Waals surface area contributed by atoms with Crippen LogP contribution in [0.15, 0.2) is 59.5 Å². The van der Waals surface area contributed by atoms with Gasteiger partial charge in [-0.2, -0.15) is 0 Å². The number of sulfonamides is 1. The third-order valence-electron chi connectivity index (χ3n) is 4.33. The summed E-state index contributed by atoms with van der Waals surface area (Å²) in [7, 11) is -2.49. The highest BCUT2D eigenvalue weighted by molar-refractivity contribution is 7.92. The molecule has 0 radical (unpaired) electrons. The molecule has 0 saturated carbocycles. The molecule has 0 fully saturated rings. The molecule has 146 valence electrons. The van der Waals surface area contributed by atoms with E-state index in [4.69, 9.17) is 4.74 Å². The van der Waals surface area contributed by atoms with Crippen molar-refractivity contribution in [1.29, 1.82) is 0 Å². The van der Waals surface area contributed by atoms with Gasteiger partial charge < -0.3 is 10.1 Å². The molecule has 7 heteroatoms. The van der Waals surface area contributed by atoms with Crippen molar-refractivity contribution in [2.75, 3.05) is 18.0 Å². The first-order valence-corrected chi connectivity index (χ1v) is 10.2. The molecule has 6 nitrogen and oxygen atoms in total. The molecule has 0 aliphatic rings. The minimum atomic E-state index is -3.95. The van der Waals surface area contributed by atoms with Crippen molar-refractivity contribution in [3.63, 3.8) is 0 Å². The zero-order valence-corrected chi connectivity index (χ0v) is 16.9. The zero-order chi connectivity index (χ0) is 20.1. The van der Waals surface area contributed by atoms with Gasteiger partial charge in [-0.3, -0.25) is 9.10 Å². The summed E-state index contributed by atoms with van der Waals surface area (Å²) in [4.78, 5) is 12.7. The van der Waals surface area contributed by atoms with Crippen molar-refractivity contribution >= 4 is 21.6 Å². The van der Waals surface area contributed by atoms with Crippen LogP contribution in [0.1, 0.15) is 27.2 Å². The number of hydrogen-bond acceptors (Lipinski definition) is 4. The quantitative estimate of drug-likeness (QED) is 0.751. The van der Waals surface area contributed by atoms with Crippen LogP contribution in [0.5, 0.6) is 5.75 Å². The van der Waals surface area contributed by atoms with Gasteiger partial charge in [0, 0.05) is 5.54 Å². The van der Waals surface area contributed by atoms with Crippen LogP contribution in [-0.2, 0) is 14.8 Å². The third kappa shape index (κ3) is 5.01. The number of rotatable bonds is 8. The third-order valence-corrected chi connectivity index (χ3v) is 6.11. The Labute approximate surface area is 161 Å². The second kappa shape index (κ2) is 8.43. The van der Waals surface area contributed by atoms with E-state index in [0.717, 1.165) is 10.7 Å². The molecule has 2 aromatic carbocycles. The summed E-state index contributed by atoms with van der Waals surface area (Å²) < 4.78 is 32.9. The van der Waals surface area contributed by atoms with Crippen LogP contribution in [0.2, 0.25) is 0 Å². The normalized spacial score (nSPS) is 11.7. The lowest BCUT2D eigenvalue weighted by Gasteiger charge is -2.29. The van der Waals surface area contributed by atoms with Crippen LogP contribution in [0, 0.1) is 0 Å². The van der Waals surface area contributed by atoms with E-state index in [1.807, 2.05) is 20.8 Å². The number of hydrogen-bond donors (Lipinski definition) is 1. The van der Waals surface area contributed by atoms with E-state index < -0.39 is 15.6 Å². The van der Waals surface area contributed by atoms with Gasteiger partial charge in [0.15, 0.2) is 0 Å². The lowest BCUT2D eigenvalue weighted by molar-refractivity contribution is -0.121. The number of benzene rings is 2. The second-order valence-corrected chi connectivity index (χ2v) is 8.64. The van der Waals surface area contributed by atoms with Crippen LogP contribution in [0.25, 0.3) is 0 Å². The fourth-order valence-electron chi connectivity index (χ4n) is 2.49. The SMILES string of the molecule is CCC(C)(C)NC(=O)CN(c1ccccc1OC)S(=O)(=O)c1ccccc1. The minimum Gasteiger partial charge on any atom is -0.495 e. The lowest BCUT2D eigenvalue weighted by atomic mass is 10.0. The molecular weight excluding hydrogens is 364 g/mol. The number of carbonyl (C=O) groups is 1. The maximum absolute atomic E-state index is 13.3. The molecule has 0 spiro atoms. The highest BCUT2D eigenvalue weighted by atomic mass is 32.2. The predicted molar refractivity (Wildman–Crippen MR) is 106 cm³/mol. The van der Waals surface area contributed by atoms with Crippen molar-refractivity contribution in [3.8, 4) is 5.75 Å². The fourth-order valence-corrected chi connectivity index (χ4v) is 3.94. The van der Waals surface area contributed by atoms with Crippen molar-refractivity contribution < 1.29 is 17.9 Å². The average Bonchev–Trinajstić information content (AvgIpc) is 2.66. The molecule has 1 N–H and O–H groups in total. The number of nitrogens with zero attached hydrogens (tertiary/aromatic N) is 1. The summed E-state index contributed by atoms with van der Waals surface area (Å²) in [5, 5.41) is 2.88. The lowest BCUT2D eigenvalue weighted by Crippen LogP contribution is -2.48. The van der Waals surface area contributed by atoms with Gasteiger partial charge in [-0.15, -0.1) is 0 Å². The standard InChI is InChI=1S/C20H26N2O4S/c1-5-20(2,3)21-19(23)15-22(17-13-9-10-14-18(17)26-4)27(24,25)16-11-7-6-8-12-16/h6-14H,5,15H2,1-4H3,(H,21,23). The van der Waals surface area contributed by atoms with Crippen LogP contribution in [-0.4, -0.2) is 33.5 Å². The van der Waals surface area contributed by atoms with Gasteiger partial charge in [0.1, 0.15) is 12.3 Å². The van der Waals surface area contributed by atoms with Gasteiger partial charge >= 0.3 is 0 Å². The molecule has 27 heavy (non-hydrogen) atoms. The molecule has 0 unspecified atom stereocenters. The highest BCUT2D eigenvalue weighted by Crippen LogP contribution is 2.32. The molecule has 0 atom stereocenters. The maximum atomic E-state index is 13.3. The average molecular weight is 391 g/mol. The van der Waals surface area contributed by atoms with Crippen molar-refractivity contribution in [3.05, 3.63) is 54.6 Å². The van der Waals surface area contributed by atoms with Crippen molar-refractivity contribution in [2.45, 2.75) is 37.6 Å². The number of anilines is 1. The molecule has 0 saturated heterocycles. The molecule has 0 aliphatic heterocycles. The summed E-state index contributed by atoms with van der Waals surface area (Å²) in [6, 6.07) is 14.8. The topological polar surface area (TPSA) is 75.7 Å². The smallest absolute Gasteiger partial charge is 0.264 e. The Morgan fingerprint density at radius 2 is 1.67 bits per heavy atom. The Bertz CT molecular complexity index is 880. The van der Waals surface area contributed by atoms with E-state index in [9.17, 15) is 13.2 Å². The molecule has 0 heterocycles. The number of para-hydroxylation sites is 2. The van der Waals surface area contributed by atoms with E-state index in [1.54, 1.807) is 42.5 Å². The number of nitrogens with one attached hydrogen (secondary N) is 1. The number of carbonyl (C=O) groups excluding carboxylic acids is 1. The van der Waals surface area contributed by atoms with E-state index >= 15 is 0 Å². The molecule has 0 aromatic heterocycles.